The molecule has 0 radical (unpaired) electrons. The zero-order valence-corrected chi connectivity index (χ0v) is 12.4. The van der Waals surface area contributed by atoms with E-state index in [2.05, 4.69) is 21.2 Å². The molecule has 2 rings (SSSR count). The zero-order chi connectivity index (χ0) is 13.7. The fraction of sp³-hybridized carbons (Fsp3) is 0.500. The number of anilines is 1. The minimum Gasteiger partial charge on any atom is -0.399 e. The van der Waals surface area contributed by atoms with Crippen LogP contribution in [0.3, 0.4) is 0 Å². The Balaban J connectivity index is 1.80. The number of nitrogens with two attached hydrogens (primary N) is 1. The molecule has 1 aromatic carbocycles. The Labute approximate surface area is 121 Å². The summed E-state index contributed by atoms with van der Waals surface area (Å²) in [5.74, 6) is -0.0937. The van der Waals surface area contributed by atoms with Gasteiger partial charge in [0.2, 0.25) is 0 Å². The first-order valence-corrected chi connectivity index (χ1v) is 7.40. The minimum atomic E-state index is -0.0937. The Morgan fingerprint density at radius 2 is 2.26 bits per heavy atom. The van der Waals surface area contributed by atoms with Crippen molar-refractivity contribution in [2.45, 2.75) is 31.8 Å². The number of nitrogens with one attached hydrogen (secondary N) is 1. The highest BCUT2D eigenvalue weighted by Gasteiger charge is 2.14. The fourth-order valence-corrected chi connectivity index (χ4v) is 2.74. The van der Waals surface area contributed by atoms with Crippen LogP contribution >= 0.6 is 15.9 Å². The molecule has 1 aliphatic rings. The average molecular weight is 327 g/mol. The molecule has 0 saturated carbocycles. The maximum atomic E-state index is 12.0. The normalized spacial score (nSPS) is 19.1. The van der Waals surface area contributed by atoms with Crippen LogP contribution in [-0.2, 0) is 4.74 Å². The standard InChI is InChI=1S/C14H19BrN2O2/c15-11-7-10(8-12(16)9-11)14(18)17-5-4-13-3-1-2-6-19-13/h7-9,13H,1-6,16H2,(H,17,18). The van der Waals surface area contributed by atoms with Crippen LogP contribution in [0.4, 0.5) is 5.69 Å². The average Bonchev–Trinajstić information content (AvgIpc) is 2.38. The predicted octanol–water partition coefficient (Wildman–Crippen LogP) is 2.72. The van der Waals surface area contributed by atoms with Crippen molar-refractivity contribution >= 4 is 27.5 Å². The van der Waals surface area contributed by atoms with Crippen LogP contribution in [0.25, 0.3) is 0 Å². The van der Waals surface area contributed by atoms with Crippen molar-refractivity contribution in [3.8, 4) is 0 Å². The summed E-state index contributed by atoms with van der Waals surface area (Å²) in [4.78, 5) is 12.0. The van der Waals surface area contributed by atoms with Crippen molar-refractivity contribution < 1.29 is 9.53 Å². The van der Waals surface area contributed by atoms with Crippen LogP contribution in [0.2, 0.25) is 0 Å². The van der Waals surface area contributed by atoms with E-state index in [4.69, 9.17) is 10.5 Å². The molecule has 1 amide bonds. The van der Waals surface area contributed by atoms with Gasteiger partial charge >= 0.3 is 0 Å². The van der Waals surface area contributed by atoms with E-state index < -0.39 is 0 Å². The van der Waals surface area contributed by atoms with Gasteiger partial charge in [0.1, 0.15) is 0 Å². The van der Waals surface area contributed by atoms with Crippen LogP contribution in [0.1, 0.15) is 36.0 Å². The van der Waals surface area contributed by atoms with Gasteiger partial charge in [-0.3, -0.25) is 4.79 Å². The van der Waals surface area contributed by atoms with Gasteiger partial charge in [-0.1, -0.05) is 15.9 Å². The number of ether oxygens (including phenoxy) is 1. The molecule has 104 valence electrons. The highest BCUT2D eigenvalue weighted by Crippen LogP contribution is 2.18. The maximum absolute atomic E-state index is 12.0. The van der Waals surface area contributed by atoms with E-state index in [-0.39, 0.29) is 5.91 Å². The van der Waals surface area contributed by atoms with Crippen molar-refractivity contribution in [1.82, 2.24) is 5.32 Å². The number of carbonyl (C=O) groups is 1. The number of hydrogen-bond acceptors (Lipinski definition) is 3. The van der Waals surface area contributed by atoms with Crippen LogP contribution in [0, 0.1) is 0 Å². The molecule has 1 saturated heterocycles. The molecular formula is C14H19BrN2O2. The van der Waals surface area contributed by atoms with Gasteiger partial charge in [-0.2, -0.15) is 0 Å². The molecule has 19 heavy (non-hydrogen) atoms. The number of benzene rings is 1. The molecule has 3 N–H and O–H groups in total. The van der Waals surface area contributed by atoms with Gasteiger partial charge in [0, 0.05) is 28.9 Å². The highest BCUT2D eigenvalue weighted by molar-refractivity contribution is 9.10. The van der Waals surface area contributed by atoms with Gasteiger partial charge in [-0.05, 0) is 43.9 Å². The third-order valence-electron chi connectivity index (χ3n) is 3.21. The van der Waals surface area contributed by atoms with Crippen molar-refractivity contribution in [3.05, 3.63) is 28.2 Å². The van der Waals surface area contributed by atoms with E-state index >= 15 is 0 Å². The van der Waals surface area contributed by atoms with Gasteiger partial charge < -0.3 is 15.8 Å². The van der Waals surface area contributed by atoms with Crippen molar-refractivity contribution in [3.63, 3.8) is 0 Å². The number of amides is 1. The number of hydrogen-bond donors (Lipinski definition) is 2. The number of halogens is 1. The predicted molar refractivity (Wildman–Crippen MR) is 79.1 cm³/mol. The third-order valence-corrected chi connectivity index (χ3v) is 3.67. The molecule has 0 aromatic heterocycles. The van der Waals surface area contributed by atoms with Gasteiger partial charge in [-0.15, -0.1) is 0 Å². The molecule has 0 aliphatic carbocycles. The van der Waals surface area contributed by atoms with E-state index in [1.807, 2.05) is 0 Å². The molecule has 1 aromatic rings. The van der Waals surface area contributed by atoms with Crippen molar-refractivity contribution in [2.24, 2.45) is 0 Å². The minimum absolute atomic E-state index is 0.0937. The first-order valence-electron chi connectivity index (χ1n) is 6.61. The maximum Gasteiger partial charge on any atom is 0.251 e. The highest BCUT2D eigenvalue weighted by atomic mass is 79.9. The summed E-state index contributed by atoms with van der Waals surface area (Å²) in [5.41, 5.74) is 6.87. The molecule has 1 atom stereocenters. The molecule has 0 bridgehead atoms. The van der Waals surface area contributed by atoms with Gasteiger partial charge in [0.25, 0.3) is 5.91 Å². The van der Waals surface area contributed by atoms with E-state index in [9.17, 15) is 4.79 Å². The fourth-order valence-electron chi connectivity index (χ4n) is 2.23. The summed E-state index contributed by atoms with van der Waals surface area (Å²) >= 11 is 3.33. The Hall–Kier alpha value is -1.07. The lowest BCUT2D eigenvalue weighted by Gasteiger charge is -2.22. The summed E-state index contributed by atoms with van der Waals surface area (Å²) in [5, 5.41) is 2.91. The van der Waals surface area contributed by atoms with E-state index in [1.165, 1.54) is 6.42 Å². The van der Waals surface area contributed by atoms with E-state index in [0.717, 1.165) is 30.3 Å². The topological polar surface area (TPSA) is 64.4 Å². The summed E-state index contributed by atoms with van der Waals surface area (Å²) in [7, 11) is 0. The van der Waals surface area contributed by atoms with E-state index in [1.54, 1.807) is 18.2 Å². The Kier molecular flexibility index (Phi) is 5.22. The summed E-state index contributed by atoms with van der Waals surface area (Å²) < 4.78 is 6.44. The molecule has 5 heteroatoms. The van der Waals surface area contributed by atoms with Crippen LogP contribution < -0.4 is 11.1 Å². The summed E-state index contributed by atoms with van der Waals surface area (Å²) in [6.45, 7) is 1.48. The van der Waals surface area contributed by atoms with Crippen molar-refractivity contribution in [1.29, 1.82) is 0 Å². The first-order chi connectivity index (χ1) is 9.15. The summed E-state index contributed by atoms with van der Waals surface area (Å²) in [6, 6.07) is 5.21. The smallest absolute Gasteiger partial charge is 0.251 e. The SMILES string of the molecule is Nc1cc(Br)cc(C(=O)NCCC2CCCCO2)c1. The number of carbonyl (C=O) groups excluding carboxylic acids is 1. The van der Waals surface area contributed by atoms with Crippen LogP contribution in [0.5, 0.6) is 0 Å². The lowest BCUT2D eigenvalue weighted by atomic mass is 10.1. The molecule has 1 fully saturated rings. The Morgan fingerprint density at radius 1 is 1.42 bits per heavy atom. The number of rotatable bonds is 4. The number of nitrogen functional groups attached to an aromatic ring is 1. The lowest BCUT2D eigenvalue weighted by molar-refractivity contribution is 0.0117. The lowest BCUT2D eigenvalue weighted by Crippen LogP contribution is -2.29. The zero-order valence-electron chi connectivity index (χ0n) is 10.8. The Morgan fingerprint density at radius 3 is 2.95 bits per heavy atom. The Bertz CT molecular complexity index is 425. The van der Waals surface area contributed by atoms with Crippen molar-refractivity contribution in [2.75, 3.05) is 18.9 Å². The first kappa shape index (κ1) is 14.3. The second-order valence-corrected chi connectivity index (χ2v) is 5.72. The second kappa shape index (κ2) is 6.91. The molecule has 1 aliphatic heterocycles. The van der Waals surface area contributed by atoms with Gasteiger partial charge in [-0.25, -0.2) is 0 Å². The third kappa shape index (κ3) is 4.51. The van der Waals surface area contributed by atoms with E-state index in [0.29, 0.717) is 23.9 Å². The van der Waals surface area contributed by atoms with Gasteiger partial charge in [0.05, 0.1) is 6.10 Å². The summed E-state index contributed by atoms with van der Waals surface area (Å²) in [6.07, 6.45) is 4.64. The van der Waals surface area contributed by atoms with Gasteiger partial charge in [0.15, 0.2) is 0 Å². The second-order valence-electron chi connectivity index (χ2n) is 4.81. The molecular weight excluding hydrogens is 308 g/mol. The monoisotopic (exact) mass is 326 g/mol. The molecule has 0 spiro atoms. The van der Waals surface area contributed by atoms with Crippen LogP contribution in [-0.4, -0.2) is 25.2 Å². The molecule has 4 nitrogen and oxygen atoms in total. The quantitative estimate of drug-likeness (QED) is 0.836. The largest absolute Gasteiger partial charge is 0.399 e. The van der Waals surface area contributed by atoms with Crippen LogP contribution in [0.15, 0.2) is 22.7 Å². The molecule has 1 heterocycles. The molecule has 1 unspecified atom stereocenters.